The normalized spacial score (nSPS) is 11.8. The fourth-order valence-corrected chi connectivity index (χ4v) is 1.42. The third-order valence-electron chi connectivity index (χ3n) is 2.35. The largest absolute Gasteiger partial charge is 0.363 e. The SMILES string of the molecule is Cn1nnn(Cc2cccc(C(C)(F)F)n2)c1=O. The maximum absolute atomic E-state index is 13.1. The highest BCUT2D eigenvalue weighted by molar-refractivity contribution is 5.14. The Bertz CT molecular complexity index is 613. The molecular formula is C10H11F2N5O. The zero-order valence-electron chi connectivity index (χ0n) is 9.84. The van der Waals surface area contributed by atoms with Crippen molar-refractivity contribution in [2.75, 3.05) is 0 Å². The Hall–Kier alpha value is -2.12. The summed E-state index contributed by atoms with van der Waals surface area (Å²) in [5, 5.41) is 7.12. The number of alkyl halides is 2. The number of halogens is 2. The first-order chi connectivity index (χ1) is 8.38. The molecule has 0 fully saturated rings. The Morgan fingerprint density at radius 3 is 2.61 bits per heavy atom. The Kier molecular flexibility index (Phi) is 2.93. The number of aromatic nitrogens is 5. The molecule has 6 nitrogen and oxygen atoms in total. The molecule has 2 heterocycles. The van der Waals surface area contributed by atoms with Crippen molar-refractivity contribution in [2.45, 2.75) is 19.4 Å². The molecule has 8 heteroatoms. The maximum Gasteiger partial charge on any atom is 0.363 e. The fourth-order valence-electron chi connectivity index (χ4n) is 1.42. The minimum Gasteiger partial charge on any atom is -0.250 e. The lowest BCUT2D eigenvalue weighted by molar-refractivity contribution is 0.0125. The van der Waals surface area contributed by atoms with Gasteiger partial charge in [0.05, 0.1) is 12.2 Å². The van der Waals surface area contributed by atoms with Crippen molar-refractivity contribution in [1.82, 2.24) is 24.8 Å². The van der Waals surface area contributed by atoms with Crippen LogP contribution < -0.4 is 5.69 Å². The summed E-state index contributed by atoms with van der Waals surface area (Å²) in [5.41, 5.74) is -0.431. The predicted octanol–water partition coefficient (Wildman–Crippen LogP) is 0.532. The monoisotopic (exact) mass is 255 g/mol. The molecule has 96 valence electrons. The van der Waals surface area contributed by atoms with Gasteiger partial charge < -0.3 is 0 Å². The van der Waals surface area contributed by atoms with Gasteiger partial charge in [-0.3, -0.25) is 0 Å². The Morgan fingerprint density at radius 1 is 1.33 bits per heavy atom. The van der Waals surface area contributed by atoms with Crippen molar-refractivity contribution in [3.63, 3.8) is 0 Å². The van der Waals surface area contributed by atoms with Crippen LogP contribution in [0.15, 0.2) is 23.0 Å². The van der Waals surface area contributed by atoms with Gasteiger partial charge in [0.15, 0.2) is 0 Å². The van der Waals surface area contributed by atoms with Crippen molar-refractivity contribution >= 4 is 0 Å². The molecular weight excluding hydrogens is 244 g/mol. The van der Waals surface area contributed by atoms with E-state index in [4.69, 9.17) is 0 Å². The number of hydrogen-bond acceptors (Lipinski definition) is 4. The molecule has 0 saturated heterocycles. The fraction of sp³-hybridized carbons (Fsp3) is 0.400. The van der Waals surface area contributed by atoms with Crippen LogP contribution in [0.2, 0.25) is 0 Å². The van der Waals surface area contributed by atoms with Gasteiger partial charge in [0.2, 0.25) is 0 Å². The molecule has 0 bridgehead atoms. The maximum atomic E-state index is 13.1. The Balaban J connectivity index is 2.31. The number of pyridine rings is 1. The van der Waals surface area contributed by atoms with Crippen molar-refractivity contribution in [3.05, 3.63) is 40.1 Å². The van der Waals surface area contributed by atoms with Crippen LogP contribution in [0.4, 0.5) is 8.78 Å². The van der Waals surface area contributed by atoms with E-state index in [1.54, 1.807) is 6.07 Å². The average Bonchev–Trinajstić information content (AvgIpc) is 2.60. The van der Waals surface area contributed by atoms with E-state index >= 15 is 0 Å². The zero-order valence-corrected chi connectivity index (χ0v) is 9.84. The van der Waals surface area contributed by atoms with Gasteiger partial charge in [-0.15, -0.1) is 0 Å². The molecule has 0 aliphatic rings. The molecule has 0 amide bonds. The van der Waals surface area contributed by atoms with E-state index in [0.717, 1.165) is 16.3 Å². The van der Waals surface area contributed by atoms with Gasteiger partial charge in [0.1, 0.15) is 5.69 Å². The average molecular weight is 255 g/mol. The first-order valence-electron chi connectivity index (χ1n) is 5.19. The summed E-state index contributed by atoms with van der Waals surface area (Å²) in [6.45, 7) is 0.782. The van der Waals surface area contributed by atoms with E-state index in [2.05, 4.69) is 15.4 Å². The lowest BCUT2D eigenvalue weighted by Crippen LogP contribution is -2.24. The van der Waals surface area contributed by atoms with Gasteiger partial charge in [-0.2, -0.15) is 18.1 Å². The van der Waals surface area contributed by atoms with Crippen LogP contribution in [0.1, 0.15) is 18.3 Å². The third-order valence-corrected chi connectivity index (χ3v) is 2.35. The van der Waals surface area contributed by atoms with E-state index < -0.39 is 11.6 Å². The Morgan fingerprint density at radius 2 is 2.06 bits per heavy atom. The van der Waals surface area contributed by atoms with Crippen LogP contribution in [0.3, 0.4) is 0 Å². The lowest BCUT2D eigenvalue weighted by atomic mass is 10.2. The van der Waals surface area contributed by atoms with Gasteiger partial charge >= 0.3 is 5.69 Å². The van der Waals surface area contributed by atoms with E-state index in [1.807, 2.05) is 0 Å². The van der Waals surface area contributed by atoms with E-state index in [9.17, 15) is 13.6 Å². The minimum atomic E-state index is -3.01. The molecule has 0 atom stereocenters. The van der Waals surface area contributed by atoms with Crippen molar-refractivity contribution in [3.8, 4) is 0 Å². The predicted molar refractivity (Wildman–Crippen MR) is 58.2 cm³/mol. The van der Waals surface area contributed by atoms with Crippen LogP contribution in [-0.2, 0) is 19.5 Å². The van der Waals surface area contributed by atoms with E-state index in [0.29, 0.717) is 5.69 Å². The lowest BCUT2D eigenvalue weighted by Gasteiger charge is -2.10. The second-order valence-electron chi connectivity index (χ2n) is 3.95. The molecule has 0 aliphatic heterocycles. The first-order valence-corrected chi connectivity index (χ1v) is 5.19. The molecule has 0 radical (unpaired) electrons. The number of hydrogen-bond donors (Lipinski definition) is 0. The second kappa shape index (κ2) is 4.28. The minimum absolute atomic E-state index is 0.0105. The summed E-state index contributed by atoms with van der Waals surface area (Å²) in [7, 11) is 1.45. The number of nitrogens with zero attached hydrogens (tertiary/aromatic N) is 5. The van der Waals surface area contributed by atoms with Gasteiger partial charge in [-0.05, 0) is 22.6 Å². The topological polar surface area (TPSA) is 65.6 Å². The van der Waals surface area contributed by atoms with Crippen molar-refractivity contribution < 1.29 is 8.78 Å². The van der Waals surface area contributed by atoms with Crippen LogP contribution in [0.25, 0.3) is 0 Å². The molecule has 0 aliphatic carbocycles. The van der Waals surface area contributed by atoms with Crippen molar-refractivity contribution in [2.24, 2.45) is 7.05 Å². The summed E-state index contributed by atoms with van der Waals surface area (Å²) in [6.07, 6.45) is 0. The molecule has 2 aromatic rings. The number of rotatable bonds is 3. The molecule has 0 spiro atoms. The van der Waals surface area contributed by atoms with Gasteiger partial charge in [-0.1, -0.05) is 6.07 Å². The summed E-state index contributed by atoms with van der Waals surface area (Å²) >= 11 is 0. The second-order valence-corrected chi connectivity index (χ2v) is 3.95. The van der Waals surface area contributed by atoms with Gasteiger partial charge in [0.25, 0.3) is 5.92 Å². The van der Waals surface area contributed by atoms with E-state index in [1.165, 1.54) is 19.2 Å². The smallest absolute Gasteiger partial charge is 0.250 e. The summed E-state index contributed by atoms with van der Waals surface area (Å²) in [4.78, 5) is 15.3. The zero-order chi connectivity index (χ0) is 13.3. The van der Waals surface area contributed by atoms with Gasteiger partial charge in [-0.25, -0.2) is 9.78 Å². The first kappa shape index (κ1) is 12.3. The van der Waals surface area contributed by atoms with Crippen LogP contribution >= 0.6 is 0 Å². The molecule has 0 aromatic carbocycles. The highest BCUT2D eigenvalue weighted by Crippen LogP contribution is 2.24. The Labute approximate surface area is 101 Å². The standard InChI is InChI=1S/C10H11F2N5O/c1-10(11,12)8-5-3-4-7(13-8)6-17-9(18)16(2)14-15-17/h3-5H,6H2,1-2H3. The molecule has 0 saturated carbocycles. The molecule has 2 rings (SSSR count). The van der Waals surface area contributed by atoms with Crippen LogP contribution in [-0.4, -0.2) is 24.8 Å². The highest BCUT2D eigenvalue weighted by atomic mass is 19.3. The van der Waals surface area contributed by atoms with Gasteiger partial charge in [0, 0.05) is 14.0 Å². The quantitative estimate of drug-likeness (QED) is 0.802. The van der Waals surface area contributed by atoms with Crippen LogP contribution in [0, 0.1) is 0 Å². The summed E-state index contributed by atoms with van der Waals surface area (Å²) in [5.74, 6) is -3.01. The summed E-state index contributed by atoms with van der Waals surface area (Å²) in [6, 6.07) is 4.26. The molecule has 0 N–H and O–H groups in total. The molecule has 0 unspecified atom stereocenters. The molecule has 18 heavy (non-hydrogen) atoms. The van der Waals surface area contributed by atoms with Crippen LogP contribution in [0.5, 0.6) is 0 Å². The molecule has 2 aromatic heterocycles. The van der Waals surface area contributed by atoms with E-state index in [-0.39, 0.29) is 12.2 Å². The van der Waals surface area contributed by atoms with Crippen molar-refractivity contribution in [1.29, 1.82) is 0 Å². The highest BCUT2D eigenvalue weighted by Gasteiger charge is 2.26. The summed E-state index contributed by atoms with van der Waals surface area (Å²) < 4.78 is 28.3. The number of aryl methyl sites for hydroxylation is 1. The third kappa shape index (κ3) is 2.41. The number of tetrazole rings is 1.